The zero-order chi connectivity index (χ0) is 21.6. The first kappa shape index (κ1) is 35.2. The van der Waals surface area contributed by atoms with E-state index in [9.17, 15) is 32.8 Å². The molecule has 1 atom stereocenters. The molecule has 30 heavy (non-hydrogen) atoms. The second kappa shape index (κ2) is 20.2. The molecule has 0 aliphatic heterocycles. The van der Waals surface area contributed by atoms with Gasteiger partial charge in [0.1, 0.15) is 5.25 Å². The van der Waals surface area contributed by atoms with Crippen molar-refractivity contribution >= 4 is 22.1 Å². The summed E-state index contributed by atoms with van der Waals surface area (Å²) in [6.07, 6.45) is 10.1. The van der Waals surface area contributed by atoms with E-state index in [1.54, 1.807) is 6.92 Å². The van der Waals surface area contributed by atoms with Crippen molar-refractivity contribution in [1.29, 1.82) is 0 Å². The zero-order valence-electron chi connectivity index (χ0n) is 19.1. The Hall–Kier alpha value is 0.590. The van der Waals surface area contributed by atoms with Crippen LogP contribution in [0.4, 0.5) is 0 Å². The monoisotopic (exact) mass is 464 g/mol. The number of hydrogen-bond donors (Lipinski definition) is 1. The van der Waals surface area contributed by atoms with Crippen LogP contribution in [0.25, 0.3) is 0 Å². The molecule has 0 bridgehead atoms. The van der Waals surface area contributed by atoms with E-state index >= 15 is 0 Å². The minimum absolute atomic E-state index is 0. The van der Waals surface area contributed by atoms with Gasteiger partial charge in [0.25, 0.3) is 10.1 Å². The molecule has 0 saturated carbocycles. The minimum Gasteiger partial charge on any atom is -0.545 e. The van der Waals surface area contributed by atoms with Crippen LogP contribution >= 0.6 is 0 Å². The summed E-state index contributed by atoms with van der Waals surface area (Å²) < 4.78 is 32.4. The first-order chi connectivity index (χ1) is 13.2. The van der Waals surface area contributed by atoms with E-state index in [1.165, 1.54) is 32.1 Å². The molecule has 1 N–H and O–H groups in total. The van der Waals surface area contributed by atoms with Gasteiger partial charge in [-0.2, -0.15) is 8.42 Å². The molecule has 0 aromatic carbocycles. The van der Waals surface area contributed by atoms with Crippen LogP contribution in [0, 0.1) is 0 Å². The Morgan fingerprint density at radius 3 is 1.53 bits per heavy atom. The van der Waals surface area contributed by atoms with E-state index in [2.05, 4.69) is 6.92 Å². The number of aliphatic carboxylic acids is 2. The Balaban J connectivity index is -0.00000364. The van der Waals surface area contributed by atoms with Crippen molar-refractivity contribution in [1.82, 2.24) is 0 Å². The van der Waals surface area contributed by atoms with Crippen molar-refractivity contribution in [2.45, 2.75) is 103 Å². The average Bonchev–Trinajstić information content (AvgIpc) is 2.59. The summed E-state index contributed by atoms with van der Waals surface area (Å²) in [5.74, 6) is -3.64. The molecule has 0 aromatic rings. The van der Waals surface area contributed by atoms with Crippen LogP contribution in [-0.2, 0) is 19.7 Å². The Labute approximate surface area is 225 Å². The molecule has 0 amide bonds. The molecule has 0 spiro atoms. The maximum absolute atomic E-state index is 11.6. The number of rotatable bonds is 17. The van der Waals surface area contributed by atoms with Crippen molar-refractivity contribution in [3.05, 3.63) is 11.1 Å². The normalized spacial score (nSPS) is 12.9. The molecule has 0 radical (unpaired) electrons. The molecule has 10 heteroatoms. The van der Waals surface area contributed by atoms with E-state index in [-0.39, 0.29) is 78.4 Å². The summed E-state index contributed by atoms with van der Waals surface area (Å²) in [6.45, 7) is 3.77. The second-order valence-electron chi connectivity index (χ2n) is 7.19. The van der Waals surface area contributed by atoms with E-state index in [4.69, 9.17) is 0 Å². The maximum atomic E-state index is 11.6. The summed E-state index contributed by atoms with van der Waals surface area (Å²) in [7, 11) is -4.77. The second-order valence-corrected chi connectivity index (χ2v) is 8.79. The van der Waals surface area contributed by atoms with Gasteiger partial charge in [0.05, 0.1) is 11.9 Å². The molecule has 0 aliphatic rings. The van der Waals surface area contributed by atoms with Crippen LogP contribution in [-0.4, -0.2) is 30.2 Å². The van der Waals surface area contributed by atoms with Crippen LogP contribution < -0.4 is 69.3 Å². The van der Waals surface area contributed by atoms with Crippen LogP contribution in [0.2, 0.25) is 0 Å². The Morgan fingerprint density at radius 2 is 1.20 bits per heavy atom. The quantitative estimate of drug-likeness (QED) is 0.101. The number of hydrogen-bond acceptors (Lipinski definition) is 6. The summed E-state index contributed by atoms with van der Waals surface area (Å²) in [6, 6.07) is 0. The fourth-order valence-electron chi connectivity index (χ4n) is 3.29. The molecule has 1 unspecified atom stereocenters. The topological polar surface area (TPSA) is 135 Å². The smallest absolute Gasteiger partial charge is 0.545 e. The van der Waals surface area contributed by atoms with Gasteiger partial charge in [-0.1, -0.05) is 78.1 Å². The number of carbonyl (C=O) groups is 2. The molecule has 164 valence electrons. The number of carboxylic acid groups (broad SMARTS) is 2. The summed E-state index contributed by atoms with van der Waals surface area (Å²) >= 11 is 0. The van der Waals surface area contributed by atoms with Crippen LogP contribution in [0.15, 0.2) is 11.1 Å². The van der Waals surface area contributed by atoms with Gasteiger partial charge in [0, 0.05) is 5.57 Å². The van der Waals surface area contributed by atoms with Gasteiger partial charge in [-0.05, 0) is 24.8 Å². The third kappa shape index (κ3) is 15.4. The third-order valence-corrected chi connectivity index (χ3v) is 5.99. The number of unbranched alkanes of at least 4 members (excludes halogenated alkanes) is 9. The molecular weight excluding hydrogens is 430 g/mol. The Morgan fingerprint density at radius 1 is 0.767 bits per heavy atom. The summed E-state index contributed by atoms with van der Waals surface area (Å²) in [4.78, 5) is 22.9. The minimum atomic E-state index is -4.77. The van der Waals surface area contributed by atoms with Crippen LogP contribution in [0.5, 0.6) is 0 Å². The molecule has 0 saturated heterocycles. The SMILES string of the molecule is CCCCCCCCCCCC/C(C(=O)[O-])=C(/C(=O)[O-])C(CCC)S(=O)(=O)O.[Na+].[Na+]. The van der Waals surface area contributed by atoms with Crippen LogP contribution in [0.3, 0.4) is 0 Å². The van der Waals surface area contributed by atoms with E-state index in [0.29, 0.717) is 12.8 Å². The molecule has 7 nitrogen and oxygen atoms in total. The van der Waals surface area contributed by atoms with Gasteiger partial charge in [-0.25, -0.2) is 0 Å². The standard InChI is InChI=1S/C20H36O7S.2Na/c1-3-5-6-7-8-9-10-11-12-13-15-16(19(21)22)18(20(23)24)17(14-4-2)28(25,26)27;;/h17H,3-15H2,1-2H3,(H,21,22)(H,23,24)(H,25,26,27);;/q;2*+1/p-2/b18-16-;;. The first-order valence-corrected chi connectivity index (χ1v) is 11.8. The largest absolute Gasteiger partial charge is 1.00 e. The Kier molecular flexibility index (Phi) is 23.7. The number of carboxylic acids is 2. The predicted octanol–water partition coefficient (Wildman–Crippen LogP) is -3.84. The van der Waals surface area contributed by atoms with E-state index < -0.39 is 38.5 Å². The molecular formula is C20H34Na2O7S. The fraction of sp³-hybridized carbons (Fsp3) is 0.800. The summed E-state index contributed by atoms with van der Waals surface area (Å²) in [5.41, 5.74) is -1.49. The van der Waals surface area contributed by atoms with Crippen LogP contribution in [0.1, 0.15) is 97.3 Å². The molecule has 0 rings (SSSR count). The van der Waals surface area contributed by atoms with Gasteiger partial charge in [0.2, 0.25) is 0 Å². The summed E-state index contributed by atoms with van der Waals surface area (Å²) in [5, 5.41) is 21.1. The van der Waals surface area contributed by atoms with Gasteiger partial charge in [0.15, 0.2) is 0 Å². The Bertz CT molecular complexity index is 619. The van der Waals surface area contributed by atoms with Crippen molar-refractivity contribution in [3.8, 4) is 0 Å². The molecule has 0 aliphatic carbocycles. The number of carbonyl (C=O) groups excluding carboxylic acids is 2. The van der Waals surface area contributed by atoms with Gasteiger partial charge in [-0.3, -0.25) is 4.55 Å². The van der Waals surface area contributed by atoms with E-state index in [0.717, 1.165) is 19.3 Å². The molecule has 0 heterocycles. The van der Waals surface area contributed by atoms with Gasteiger partial charge >= 0.3 is 59.1 Å². The zero-order valence-corrected chi connectivity index (χ0v) is 23.9. The van der Waals surface area contributed by atoms with E-state index in [1.807, 2.05) is 0 Å². The van der Waals surface area contributed by atoms with Crippen molar-refractivity contribution in [2.24, 2.45) is 0 Å². The third-order valence-electron chi connectivity index (χ3n) is 4.80. The van der Waals surface area contributed by atoms with Gasteiger partial charge in [-0.15, -0.1) is 0 Å². The molecule has 0 fully saturated rings. The van der Waals surface area contributed by atoms with Gasteiger partial charge < -0.3 is 19.8 Å². The van der Waals surface area contributed by atoms with Crippen molar-refractivity contribution in [2.75, 3.05) is 0 Å². The molecule has 0 aromatic heterocycles. The predicted molar refractivity (Wildman–Crippen MR) is 104 cm³/mol. The van der Waals surface area contributed by atoms with Crippen molar-refractivity contribution < 1.29 is 91.9 Å². The average molecular weight is 465 g/mol. The first-order valence-electron chi connectivity index (χ1n) is 10.3. The maximum Gasteiger partial charge on any atom is 1.00 e. The fourth-order valence-corrected chi connectivity index (χ4v) is 4.36. The van der Waals surface area contributed by atoms with Crippen molar-refractivity contribution in [3.63, 3.8) is 0 Å².